The Bertz CT molecular complexity index is 519. The van der Waals surface area contributed by atoms with Crippen molar-refractivity contribution < 1.29 is 10.2 Å². The molecule has 17 heavy (non-hydrogen) atoms. The zero-order valence-electron chi connectivity index (χ0n) is 9.10. The summed E-state index contributed by atoms with van der Waals surface area (Å²) >= 11 is 5.90. The monoisotopic (exact) mass is 252 g/mol. The lowest BCUT2D eigenvalue weighted by atomic mass is 10.2. The zero-order chi connectivity index (χ0) is 12.3. The van der Waals surface area contributed by atoms with Crippen LogP contribution in [0.15, 0.2) is 30.5 Å². The number of aliphatic hydroxyl groups is 2. The molecule has 1 aromatic carbocycles. The number of halogens is 1. The maximum absolute atomic E-state index is 9.29. The van der Waals surface area contributed by atoms with Gasteiger partial charge in [0.25, 0.3) is 0 Å². The number of hydrogen-bond acceptors (Lipinski definition) is 4. The van der Waals surface area contributed by atoms with Crippen LogP contribution >= 0.6 is 11.6 Å². The first-order valence-corrected chi connectivity index (χ1v) is 5.65. The average molecular weight is 253 g/mol. The van der Waals surface area contributed by atoms with Gasteiger partial charge in [-0.15, -0.1) is 0 Å². The fourth-order valence-electron chi connectivity index (χ4n) is 1.57. The van der Waals surface area contributed by atoms with E-state index in [9.17, 15) is 5.11 Å². The highest BCUT2D eigenvalue weighted by Gasteiger charge is 2.05. The summed E-state index contributed by atoms with van der Waals surface area (Å²) in [5, 5.41) is 22.6. The number of nitrogens with one attached hydrogen (secondary N) is 1. The Morgan fingerprint density at radius 3 is 3.00 bits per heavy atom. The smallest absolute Gasteiger partial charge is 0.0942 e. The summed E-state index contributed by atoms with van der Waals surface area (Å²) < 4.78 is 0. The maximum atomic E-state index is 9.29. The number of nitrogens with zero attached hydrogens (tertiary/aromatic N) is 1. The van der Waals surface area contributed by atoms with E-state index in [1.54, 1.807) is 6.20 Å². The van der Waals surface area contributed by atoms with E-state index in [-0.39, 0.29) is 13.2 Å². The van der Waals surface area contributed by atoms with E-state index in [1.165, 1.54) is 0 Å². The van der Waals surface area contributed by atoms with Crippen molar-refractivity contribution in [3.8, 4) is 0 Å². The van der Waals surface area contributed by atoms with Crippen molar-refractivity contribution >= 4 is 28.2 Å². The van der Waals surface area contributed by atoms with Gasteiger partial charge in [-0.2, -0.15) is 0 Å². The fraction of sp³-hybridized carbons (Fsp3) is 0.250. The van der Waals surface area contributed by atoms with E-state index in [2.05, 4.69) is 10.3 Å². The summed E-state index contributed by atoms with van der Waals surface area (Å²) in [5.41, 5.74) is 1.67. The van der Waals surface area contributed by atoms with Gasteiger partial charge >= 0.3 is 0 Å². The number of pyridine rings is 1. The van der Waals surface area contributed by atoms with Crippen molar-refractivity contribution in [2.75, 3.05) is 18.5 Å². The normalized spacial score (nSPS) is 12.6. The molecule has 0 aliphatic carbocycles. The molecule has 5 heteroatoms. The lowest BCUT2D eigenvalue weighted by Crippen LogP contribution is -2.23. The van der Waals surface area contributed by atoms with Crippen LogP contribution in [0.25, 0.3) is 10.9 Å². The predicted molar refractivity (Wildman–Crippen MR) is 68.3 cm³/mol. The summed E-state index contributed by atoms with van der Waals surface area (Å²) in [6, 6.07) is 7.46. The first-order chi connectivity index (χ1) is 8.20. The molecule has 0 spiro atoms. The van der Waals surface area contributed by atoms with Crippen molar-refractivity contribution in [3.05, 3.63) is 35.5 Å². The van der Waals surface area contributed by atoms with Gasteiger partial charge in [0.15, 0.2) is 0 Å². The minimum Gasteiger partial charge on any atom is -0.394 e. The summed E-state index contributed by atoms with van der Waals surface area (Å²) in [6.07, 6.45) is 0.813. The van der Waals surface area contributed by atoms with Gasteiger partial charge in [0.2, 0.25) is 0 Å². The van der Waals surface area contributed by atoms with Crippen LogP contribution in [-0.4, -0.2) is 34.5 Å². The number of fused-ring (bicyclic) bond motifs is 1. The molecule has 0 aliphatic rings. The number of aliphatic hydroxyl groups excluding tert-OH is 2. The summed E-state index contributed by atoms with van der Waals surface area (Å²) in [5.74, 6) is 0. The molecule has 0 bridgehead atoms. The van der Waals surface area contributed by atoms with Crippen molar-refractivity contribution in [2.24, 2.45) is 0 Å². The molecule has 0 radical (unpaired) electrons. The second kappa shape index (κ2) is 5.31. The van der Waals surface area contributed by atoms with Crippen LogP contribution < -0.4 is 5.32 Å². The largest absolute Gasteiger partial charge is 0.394 e. The van der Waals surface area contributed by atoms with Gasteiger partial charge in [-0.3, -0.25) is 4.98 Å². The Morgan fingerprint density at radius 2 is 2.24 bits per heavy atom. The third kappa shape index (κ3) is 2.85. The Morgan fingerprint density at radius 1 is 1.41 bits per heavy atom. The minimum atomic E-state index is -0.780. The van der Waals surface area contributed by atoms with E-state index in [0.717, 1.165) is 16.6 Å². The quantitative estimate of drug-likeness (QED) is 0.774. The second-order valence-corrected chi connectivity index (χ2v) is 4.18. The summed E-state index contributed by atoms with van der Waals surface area (Å²) in [7, 11) is 0. The van der Waals surface area contributed by atoms with E-state index in [1.807, 2.05) is 24.3 Å². The summed E-state index contributed by atoms with van der Waals surface area (Å²) in [4.78, 5) is 4.20. The van der Waals surface area contributed by atoms with Gasteiger partial charge in [0.1, 0.15) is 0 Å². The van der Waals surface area contributed by atoms with Crippen molar-refractivity contribution in [2.45, 2.75) is 6.10 Å². The standard InChI is InChI=1S/C12H13ClN2O2/c13-8-4-10-11(14-5-8)2-1-3-12(10)15-6-9(17)7-16/h1-5,9,15-17H,6-7H2. The molecule has 1 heterocycles. The highest BCUT2D eigenvalue weighted by Crippen LogP contribution is 2.24. The van der Waals surface area contributed by atoms with Crippen LogP contribution in [0.5, 0.6) is 0 Å². The van der Waals surface area contributed by atoms with Gasteiger partial charge in [-0.25, -0.2) is 0 Å². The molecule has 1 atom stereocenters. The Balaban J connectivity index is 2.30. The Labute approximate surface area is 104 Å². The van der Waals surface area contributed by atoms with Crippen LogP contribution in [0, 0.1) is 0 Å². The number of rotatable bonds is 4. The minimum absolute atomic E-state index is 0.267. The molecule has 2 aromatic rings. The maximum Gasteiger partial charge on any atom is 0.0942 e. The molecule has 0 amide bonds. The SMILES string of the molecule is OCC(O)CNc1cccc2ncc(Cl)cc12. The zero-order valence-corrected chi connectivity index (χ0v) is 9.85. The Hall–Kier alpha value is -1.36. The molecular formula is C12H13ClN2O2. The van der Waals surface area contributed by atoms with Crippen LogP contribution in [0.4, 0.5) is 5.69 Å². The molecular weight excluding hydrogens is 240 g/mol. The van der Waals surface area contributed by atoms with Crippen LogP contribution in [0.1, 0.15) is 0 Å². The van der Waals surface area contributed by atoms with E-state index in [0.29, 0.717) is 5.02 Å². The molecule has 0 fully saturated rings. The van der Waals surface area contributed by atoms with Gasteiger partial charge in [-0.1, -0.05) is 17.7 Å². The van der Waals surface area contributed by atoms with Crippen molar-refractivity contribution in [3.63, 3.8) is 0 Å². The number of aromatic nitrogens is 1. The third-order valence-electron chi connectivity index (χ3n) is 2.43. The van der Waals surface area contributed by atoms with E-state index in [4.69, 9.17) is 16.7 Å². The molecule has 0 saturated heterocycles. The number of anilines is 1. The fourth-order valence-corrected chi connectivity index (χ4v) is 1.73. The molecule has 4 nitrogen and oxygen atoms in total. The van der Waals surface area contributed by atoms with Crippen LogP contribution in [0.3, 0.4) is 0 Å². The van der Waals surface area contributed by atoms with Gasteiger partial charge in [0.05, 0.1) is 23.3 Å². The molecule has 2 rings (SSSR count). The van der Waals surface area contributed by atoms with Gasteiger partial charge < -0.3 is 15.5 Å². The molecule has 90 valence electrons. The first kappa shape index (κ1) is 12.1. The lowest BCUT2D eigenvalue weighted by molar-refractivity contribution is 0.105. The van der Waals surface area contributed by atoms with Crippen molar-refractivity contribution in [1.82, 2.24) is 4.98 Å². The first-order valence-electron chi connectivity index (χ1n) is 5.28. The molecule has 1 aromatic heterocycles. The molecule has 1 unspecified atom stereocenters. The van der Waals surface area contributed by atoms with Crippen LogP contribution in [0.2, 0.25) is 5.02 Å². The molecule has 0 saturated carbocycles. The van der Waals surface area contributed by atoms with Gasteiger partial charge in [0, 0.05) is 23.8 Å². The molecule has 3 N–H and O–H groups in total. The number of benzene rings is 1. The van der Waals surface area contributed by atoms with Crippen molar-refractivity contribution in [1.29, 1.82) is 0 Å². The third-order valence-corrected chi connectivity index (χ3v) is 2.64. The number of hydrogen-bond donors (Lipinski definition) is 3. The van der Waals surface area contributed by atoms with Gasteiger partial charge in [-0.05, 0) is 18.2 Å². The predicted octanol–water partition coefficient (Wildman–Crippen LogP) is 1.65. The summed E-state index contributed by atoms with van der Waals surface area (Å²) in [6.45, 7) is 0.0128. The highest BCUT2D eigenvalue weighted by molar-refractivity contribution is 6.31. The average Bonchev–Trinajstić information content (AvgIpc) is 2.35. The second-order valence-electron chi connectivity index (χ2n) is 3.74. The van der Waals surface area contributed by atoms with E-state index < -0.39 is 6.10 Å². The van der Waals surface area contributed by atoms with E-state index >= 15 is 0 Å². The Kier molecular flexibility index (Phi) is 3.78. The lowest BCUT2D eigenvalue weighted by Gasteiger charge is -2.12. The topological polar surface area (TPSA) is 65.4 Å². The highest BCUT2D eigenvalue weighted by atomic mass is 35.5. The van der Waals surface area contributed by atoms with Crippen LogP contribution in [-0.2, 0) is 0 Å². The molecule has 0 aliphatic heterocycles.